The summed E-state index contributed by atoms with van der Waals surface area (Å²) in [6.45, 7) is -0.151. The summed E-state index contributed by atoms with van der Waals surface area (Å²) < 4.78 is 43.1. The van der Waals surface area contributed by atoms with Crippen molar-refractivity contribution in [1.29, 1.82) is 5.26 Å². The van der Waals surface area contributed by atoms with Gasteiger partial charge >= 0.3 is 6.18 Å². The molecule has 2 aromatic carbocycles. The number of amides is 1. The van der Waals surface area contributed by atoms with Crippen molar-refractivity contribution in [1.82, 2.24) is 5.43 Å². The van der Waals surface area contributed by atoms with Gasteiger partial charge < -0.3 is 4.74 Å². The number of ether oxygens (including phenoxy) is 1. The fraction of sp³-hybridized carbons (Fsp3) is 0.118. The summed E-state index contributed by atoms with van der Waals surface area (Å²) in [6.07, 6.45) is -3.26. The van der Waals surface area contributed by atoms with Gasteiger partial charge in [0.05, 0.1) is 11.8 Å². The Morgan fingerprint density at radius 2 is 2.00 bits per heavy atom. The van der Waals surface area contributed by atoms with Crippen LogP contribution in [0.15, 0.2) is 53.6 Å². The molecule has 1 N–H and O–H groups in total. The maximum absolute atomic E-state index is 12.7. The highest BCUT2D eigenvalue weighted by molar-refractivity contribution is 5.95. The van der Waals surface area contributed by atoms with Crippen molar-refractivity contribution in [3.63, 3.8) is 0 Å². The topological polar surface area (TPSA) is 74.5 Å². The van der Waals surface area contributed by atoms with Gasteiger partial charge in [0.15, 0.2) is 6.61 Å². The molecule has 0 fully saturated rings. The molecule has 0 heterocycles. The predicted octanol–water partition coefficient (Wildman–Crippen LogP) is 3.37. The third kappa shape index (κ3) is 5.07. The first-order valence-electron chi connectivity index (χ1n) is 7.01. The first kappa shape index (κ1) is 18.0. The van der Waals surface area contributed by atoms with Crippen molar-refractivity contribution >= 4 is 12.1 Å². The predicted molar refractivity (Wildman–Crippen MR) is 84.1 cm³/mol. The van der Waals surface area contributed by atoms with Gasteiger partial charge in [-0.3, -0.25) is 4.79 Å². The van der Waals surface area contributed by atoms with E-state index in [2.05, 4.69) is 10.5 Å². The van der Waals surface area contributed by atoms with Crippen molar-refractivity contribution in [3.8, 4) is 11.8 Å². The Bertz CT molecular complexity index is 826. The van der Waals surface area contributed by atoms with Gasteiger partial charge in [-0.1, -0.05) is 18.2 Å². The Hall–Kier alpha value is -3.34. The van der Waals surface area contributed by atoms with Gasteiger partial charge in [0.25, 0.3) is 5.91 Å². The minimum absolute atomic E-state index is 0.151. The Morgan fingerprint density at radius 3 is 2.72 bits per heavy atom. The van der Waals surface area contributed by atoms with Gasteiger partial charge in [0.1, 0.15) is 11.8 Å². The molecule has 5 nitrogen and oxygen atoms in total. The number of nitrogens with one attached hydrogen (secondary N) is 1. The number of alkyl halides is 3. The molecular formula is C17H12F3N3O2. The first-order chi connectivity index (χ1) is 11.9. The second kappa shape index (κ2) is 7.97. The normalized spacial score (nSPS) is 11.1. The quantitative estimate of drug-likeness (QED) is 0.666. The zero-order valence-corrected chi connectivity index (χ0v) is 12.7. The standard InChI is InChI=1S/C17H12F3N3O2/c18-17(19,20)14-6-3-5-12(10-14)16(24)23-22-11-13-4-1-2-7-15(13)25-9-8-21/h1-7,10-11H,9H2,(H,23,24)/b22-11-. The average Bonchev–Trinajstić information content (AvgIpc) is 2.60. The van der Waals surface area contributed by atoms with Gasteiger partial charge in [-0.05, 0) is 30.3 Å². The number of carbonyl (C=O) groups excluding carboxylic acids is 1. The third-order valence-electron chi connectivity index (χ3n) is 3.03. The maximum atomic E-state index is 12.7. The van der Waals surface area contributed by atoms with Crippen LogP contribution in [0.1, 0.15) is 21.5 Å². The lowest BCUT2D eigenvalue weighted by atomic mass is 10.1. The van der Waals surface area contributed by atoms with Crippen molar-refractivity contribution in [2.45, 2.75) is 6.18 Å². The number of carbonyl (C=O) groups is 1. The molecular weight excluding hydrogens is 335 g/mol. The number of hydrogen-bond acceptors (Lipinski definition) is 4. The molecule has 2 aromatic rings. The van der Waals surface area contributed by atoms with Gasteiger partial charge in [0.2, 0.25) is 0 Å². The van der Waals surface area contributed by atoms with Crippen LogP contribution >= 0.6 is 0 Å². The zero-order chi connectivity index (χ0) is 18.3. The van der Waals surface area contributed by atoms with Crippen molar-refractivity contribution in [2.24, 2.45) is 5.10 Å². The maximum Gasteiger partial charge on any atom is 0.416 e. The molecule has 0 aliphatic carbocycles. The Kier molecular flexibility index (Phi) is 5.74. The van der Waals surface area contributed by atoms with Crippen LogP contribution in [0.5, 0.6) is 5.75 Å². The molecule has 0 radical (unpaired) electrons. The van der Waals surface area contributed by atoms with Crippen molar-refractivity contribution in [3.05, 3.63) is 65.2 Å². The number of hydrogen-bond donors (Lipinski definition) is 1. The summed E-state index contributed by atoms with van der Waals surface area (Å²) in [6, 6.07) is 12.5. The minimum atomic E-state index is -4.53. The SMILES string of the molecule is N#CCOc1ccccc1/C=N\NC(=O)c1cccc(C(F)(F)F)c1. The minimum Gasteiger partial charge on any atom is -0.478 e. The molecule has 128 valence electrons. The highest BCUT2D eigenvalue weighted by Crippen LogP contribution is 2.29. The molecule has 0 aromatic heterocycles. The molecule has 0 aliphatic heterocycles. The Morgan fingerprint density at radius 1 is 1.24 bits per heavy atom. The first-order valence-corrected chi connectivity index (χ1v) is 7.01. The highest BCUT2D eigenvalue weighted by Gasteiger charge is 2.30. The second-order valence-electron chi connectivity index (χ2n) is 4.76. The van der Waals surface area contributed by atoms with E-state index >= 15 is 0 Å². The molecule has 8 heteroatoms. The average molecular weight is 347 g/mol. The molecule has 2 rings (SSSR count). The van der Waals surface area contributed by atoms with Crippen LogP contribution in [0.25, 0.3) is 0 Å². The van der Waals surface area contributed by atoms with Gasteiger partial charge in [-0.2, -0.15) is 23.5 Å². The molecule has 0 atom stereocenters. The molecule has 0 bridgehead atoms. The molecule has 0 spiro atoms. The number of benzene rings is 2. The summed E-state index contributed by atoms with van der Waals surface area (Å²) in [5.74, 6) is -0.390. The van der Waals surface area contributed by atoms with Crippen molar-refractivity contribution in [2.75, 3.05) is 6.61 Å². The number of rotatable bonds is 5. The fourth-order valence-electron chi connectivity index (χ4n) is 1.89. The zero-order valence-electron chi connectivity index (χ0n) is 12.7. The van der Waals surface area contributed by atoms with E-state index in [1.807, 2.05) is 6.07 Å². The van der Waals surface area contributed by atoms with Gasteiger partial charge in [-0.15, -0.1) is 0 Å². The van der Waals surface area contributed by atoms with E-state index in [-0.39, 0.29) is 12.2 Å². The number of para-hydroxylation sites is 1. The van der Waals surface area contributed by atoms with Crippen LogP contribution in [-0.2, 0) is 6.18 Å². The lowest BCUT2D eigenvalue weighted by molar-refractivity contribution is -0.137. The number of hydrazone groups is 1. The second-order valence-corrected chi connectivity index (χ2v) is 4.76. The number of nitrogens with zero attached hydrogens (tertiary/aromatic N) is 2. The lowest BCUT2D eigenvalue weighted by Crippen LogP contribution is -2.18. The fourth-order valence-corrected chi connectivity index (χ4v) is 1.89. The molecule has 0 saturated heterocycles. The Balaban J connectivity index is 2.08. The monoisotopic (exact) mass is 347 g/mol. The Labute approximate surface area is 141 Å². The molecule has 0 aliphatic rings. The lowest BCUT2D eigenvalue weighted by Gasteiger charge is -2.08. The summed E-state index contributed by atoms with van der Waals surface area (Å²) in [4.78, 5) is 11.9. The van der Waals surface area contributed by atoms with Crippen LogP contribution in [-0.4, -0.2) is 18.7 Å². The highest BCUT2D eigenvalue weighted by atomic mass is 19.4. The largest absolute Gasteiger partial charge is 0.478 e. The number of nitriles is 1. The van der Waals surface area contributed by atoms with Crippen LogP contribution in [0.4, 0.5) is 13.2 Å². The van der Waals surface area contributed by atoms with E-state index in [9.17, 15) is 18.0 Å². The van der Waals surface area contributed by atoms with E-state index in [0.29, 0.717) is 11.3 Å². The summed E-state index contributed by atoms with van der Waals surface area (Å²) in [5, 5.41) is 12.2. The van der Waals surface area contributed by atoms with Crippen molar-refractivity contribution < 1.29 is 22.7 Å². The van der Waals surface area contributed by atoms with Crippen LogP contribution in [0.3, 0.4) is 0 Å². The van der Waals surface area contributed by atoms with Crippen LogP contribution in [0.2, 0.25) is 0 Å². The van der Waals surface area contributed by atoms with Crippen LogP contribution in [0, 0.1) is 11.3 Å². The van der Waals surface area contributed by atoms with Gasteiger partial charge in [-0.25, -0.2) is 5.43 Å². The summed E-state index contributed by atoms with van der Waals surface area (Å²) in [7, 11) is 0. The molecule has 25 heavy (non-hydrogen) atoms. The van der Waals surface area contributed by atoms with E-state index in [1.165, 1.54) is 12.3 Å². The molecule has 0 saturated carbocycles. The van der Waals surface area contributed by atoms with E-state index in [0.717, 1.165) is 18.2 Å². The van der Waals surface area contributed by atoms with Gasteiger partial charge in [0, 0.05) is 11.1 Å². The third-order valence-corrected chi connectivity index (χ3v) is 3.03. The van der Waals surface area contributed by atoms with E-state index < -0.39 is 17.6 Å². The summed E-state index contributed by atoms with van der Waals surface area (Å²) >= 11 is 0. The molecule has 1 amide bonds. The van der Waals surface area contributed by atoms with E-state index in [4.69, 9.17) is 10.00 Å². The smallest absolute Gasteiger partial charge is 0.416 e. The number of halogens is 3. The summed E-state index contributed by atoms with van der Waals surface area (Å²) in [5.41, 5.74) is 1.57. The van der Waals surface area contributed by atoms with Crippen LogP contribution < -0.4 is 10.2 Å². The molecule has 0 unspecified atom stereocenters. The van der Waals surface area contributed by atoms with E-state index in [1.54, 1.807) is 24.3 Å².